The van der Waals surface area contributed by atoms with Crippen LogP contribution in [-0.2, 0) is 4.79 Å². The Bertz CT molecular complexity index is 1380. The van der Waals surface area contributed by atoms with Crippen LogP contribution in [0.2, 0.25) is 0 Å². The summed E-state index contributed by atoms with van der Waals surface area (Å²) in [5.41, 5.74) is 1.05. The van der Waals surface area contributed by atoms with Crippen molar-refractivity contribution in [3.8, 4) is 0 Å². The molecule has 2 fully saturated rings. The first-order valence-corrected chi connectivity index (χ1v) is 12.8. The highest BCUT2D eigenvalue weighted by Gasteiger charge is 2.40. The number of alkyl halides is 5. The summed E-state index contributed by atoms with van der Waals surface area (Å²) in [6, 6.07) is 0.579. The lowest BCUT2D eigenvalue weighted by Gasteiger charge is -2.33. The first-order valence-electron chi connectivity index (χ1n) is 12.8. The molecule has 0 aromatic carbocycles. The summed E-state index contributed by atoms with van der Waals surface area (Å²) < 4.78 is 71.0. The molecule has 2 atom stereocenters. The Balaban J connectivity index is 1.36. The van der Waals surface area contributed by atoms with Gasteiger partial charge in [-0.2, -0.15) is 18.3 Å². The molecule has 0 saturated heterocycles. The molecule has 216 valence electrons. The van der Waals surface area contributed by atoms with E-state index in [0.717, 1.165) is 12.8 Å². The van der Waals surface area contributed by atoms with E-state index in [9.17, 15) is 36.6 Å². The predicted octanol–water partition coefficient (Wildman–Crippen LogP) is 3.74. The van der Waals surface area contributed by atoms with Gasteiger partial charge in [0.15, 0.2) is 17.6 Å². The monoisotopic (exact) mass is 571 g/mol. The lowest BCUT2D eigenvalue weighted by Crippen LogP contribution is -2.37. The van der Waals surface area contributed by atoms with E-state index in [0.29, 0.717) is 11.4 Å². The quantitative estimate of drug-likeness (QED) is 0.260. The number of aromatic nitrogens is 5. The molecule has 0 aliphatic heterocycles. The average Bonchev–Trinajstić information content (AvgIpc) is 3.45. The van der Waals surface area contributed by atoms with Crippen LogP contribution < -0.4 is 10.6 Å². The lowest BCUT2D eigenvalue weighted by atomic mass is 9.81. The molecule has 1 unspecified atom stereocenters. The van der Waals surface area contributed by atoms with Crippen molar-refractivity contribution in [2.24, 2.45) is 5.92 Å². The minimum absolute atomic E-state index is 0.0298. The molecule has 0 radical (unpaired) electrons. The fourth-order valence-electron chi connectivity index (χ4n) is 4.79. The Kier molecular flexibility index (Phi) is 7.46. The van der Waals surface area contributed by atoms with Crippen molar-refractivity contribution in [3.63, 3.8) is 0 Å². The molecule has 5 rings (SSSR count). The van der Waals surface area contributed by atoms with E-state index in [1.807, 2.05) is 0 Å². The van der Waals surface area contributed by atoms with E-state index >= 15 is 0 Å². The lowest BCUT2D eigenvalue weighted by molar-refractivity contribution is -0.145. The summed E-state index contributed by atoms with van der Waals surface area (Å²) in [4.78, 5) is 29.5. The zero-order valence-corrected chi connectivity index (χ0v) is 21.0. The molecule has 16 heteroatoms. The average molecular weight is 572 g/mol. The summed E-state index contributed by atoms with van der Waals surface area (Å²) >= 11 is 0. The number of imidazole rings is 1. The summed E-state index contributed by atoms with van der Waals surface area (Å²) in [5.74, 6) is -4.67. The third kappa shape index (κ3) is 6.54. The first kappa shape index (κ1) is 27.9. The number of halogens is 5. The van der Waals surface area contributed by atoms with Crippen molar-refractivity contribution in [2.45, 2.75) is 81.7 Å². The number of aliphatic hydroxyl groups excluding tert-OH is 1. The van der Waals surface area contributed by atoms with E-state index in [2.05, 4.69) is 31.0 Å². The molecule has 0 bridgehead atoms. The molecule has 2 amide bonds. The van der Waals surface area contributed by atoms with Crippen molar-refractivity contribution in [1.82, 2.24) is 35.5 Å². The molecular formula is C24H26F5N7O4. The number of fused-ring (bicyclic) bond motifs is 1. The topological polar surface area (TPSA) is 148 Å². The van der Waals surface area contributed by atoms with Crippen molar-refractivity contribution in [3.05, 3.63) is 41.1 Å². The Morgan fingerprint density at radius 3 is 2.55 bits per heavy atom. The highest BCUT2D eigenvalue weighted by molar-refractivity contribution is 5.93. The van der Waals surface area contributed by atoms with E-state index in [1.165, 1.54) is 23.0 Å². The van der Waals surface area contributed by atoms with Gasteiger partial charge in [0.25, 0.3) is 5.91 Å². The van der Waals surface area contributed by atoms with E-state index < -0.39 is 49.0 Å². The molecule has 3 aromatic rings. The number of carbonyl (C=O) groups is 2. The van der Waals surface area contributed by atoms with Crippen molar-refractivity contribution in [2.75, 3.05) is 0 Å². The van der Waals surface area contributed by atoms with Crippen molar-refractivity contribution in [1.29, 1.82) is 0 Å². The molecule has 3 N–H and O–H groups in total. The van der Waals surface area contributed by atoms with Gasteiger partial charge >= 0.3 is 6.18 Å². The van der Waals surface area contributed by atoms with Gasteiger partial charge in [0.1, 0.15) is 5.69 Å². The molecule has 3 aromatic heterocycles. The Hall–Kier alpha value is -3.69. The maximum atomic E-state index is 13.9. The van der Waals surface area contributed by atoms with E-state index in [1.54, 1.807) is 0 Å². The number of rotatable bonds is 9. The maximum absolute atomic E-state index is 13.9. The number of amides is 2. The number of hydrogen-bond acceptors (Lipinski definition) is 8. The van der Waals surface area contributed by atoms with Gasteiger partial charge in [-0.05, 0) is 42.8 Å². The van der Waals surface area contributed by atoms with Crippen LogP contribution in [0.3, 0.4) is 0 Å². The Labute approximate surface area is 223 Å². The third-order valence-electron chi connectivity index (χ3n) is 7.14. The smallest absolute Gasteiger partial charge is 0.369 e. The molecule has 40 heavy (non-hydrogen) atoms. The molecular weight excluding hydrogens is 545 g/mol. The molecule has 0 spiro atoms. The third-order valence-corrected chi connectivity index (χ3v) is 7.14. The van der Waals surface area contributed by atoms with Crippen LogP contribution in [-0.4, -0.2) is 53.9 Å². The van der Waals surface area contributed by atoms with Crippen LogP contribution >= 0.6 is 0 Å². The summed E-state index contributed by atoms with van der Waals surface area (Å²) in [6.07, 6.45) is -4.38. The van der Waals surface area contributed by atoms with Crippen LogP contribution in [0.5, 0.6) is 0 Å². The molecule has 3 heterocycles. The normalized spacial score (nSPS) is 19.4. The van der Waals surface area contributed by atoms with Crippen LogP contribution in [0.4, 0.5) is 22.0 Å². The van der Waals surface area contributed by atoms with Gasteiger partial charge in [-0.25, -0.2) is 22.9 Å². The summed E-state index contributed by atoms with van der Waals surface area (Å²) in [6.45, 7) is 0. The second kappa shape index (κ2) is 10.7. The van der Waals surface area contributed by atoms with Gasteiger partial charge in [0, 0.05) is 30.7 Å². The molecule has 2 aliphatic carbocycles. The zero-order valence-electron chi connectivity index (χ0n) is 21.0. The highest BCUT2D eigenvalue weighted by Crippen LogP contribution is 2.42. The Morgan fingerprint density at radius 2 is 1.88 bits per heavy atom. The highest BCUT2D eigenvalue weighted by atomic mass is 19.4. The number of hydrogen-bond donors (Lipinski definition) is 3. The Morgan fingerprint density at radius 1 is 1.15 bits per heavy atom. The van der Waals surface area contributed by atoms with Crippen LogP contribution in [0.25, 0.3) is 5.65 Å². The largest absolute Gasteiger partial charge is 0.389 e. The first-order chi connectivity index (χ1) is 18.9. The molecule has 2 saturated carbocycles. The fourth-order valence-corrected chi connectivity index (χ4v) is 4.79. The zero-order chi connectivity index (χ0) is 28.7. The second-order valence-corrected chi connectivity index (χ2v) is 10.3. The number of nitrogens with one attached hydrogen (secondary N) is 2. The van der Waals surface area contributed by atoms with Crippen LogP contribution in [0.15, 0.2) is 23.1 Å². The number of nitrogens with zero attached hydrogens (tertiary/aromatic N) is 5. The van der Waals surface area contributed by atoms with Crippen molar-refractivity contribution >= 4 is 17.5 Å². The van der Waals surface area contributed by atoms with E-state index in [4.69, 9.17) is 4.63 Å². The molecule has 11 nitrogen and oxygen atoms in total. The van der Waals surface area contributed by atoms with Gasteiger partial charge in [-0.15, -0.1) is 0 Å². The van der Waals surface area contributed by atoms with Crippen LogP contribution in [0, 0.1) is 5.92 Å². The molecule has 2 aliphatic rings. The van der Waals surface area contributed by atoms with Gasteiger partial charge in [-0.1, -0.05) is 5.16 Å². The predicted molar refractivity (Wildman–Crippen MR) is 125 cm³/mol. The van der Waals surface area contributed by atoms with Crippen molar-refractivity contribution < 1.29 is 41.3 Å². The standard InChI is InChI=1S/C24H26F5N7O4/c25-23(26)6-3-13(4-7-23)18(33-22(39)20-19(12-1-2-12)34-40-35-20)15-11-36-16(31-15)9-14(10-30-36)21(38)32-17(37)5-8-24(27,28)29/h9-13,18,21,38H,1-8H2,(H,32,37)(H,33,39)/t18?,21-/m1/s1. The summed E-state index contributed by atoms with van der Waals surface area (Å²) in [7, 11) is 0. The van der Waals surface area contributed by atoms with Gasteiger partial charge in [-0.3, -0.25) is 9.59 Å². The van der Waals surface area contributed by atoms with E-state index in [-0.39, 0.29) is 54.4 Å². The summed E-state index contributed by atoms with van der Waals surface area (Å²) in [5, 5.41) is 26.9. The van der Waals surface area contributed by atoms with Crippen LogP contribution in [0.1, 0.15) is 97.0 Å². The number of aliphatic hydroxyl groups is 1. The van der Waals surface area contributed by atoms with Gasteiger partial charge < -0.3 is 15.7 Å². The maximum Gasteiger partial charge on any atom is 0.389 e. The second-order valence-electron chi connectivity index (χ2n) is 10.3. The van der Waals surface area contributed by atoms with Gasteiger partial charge in [0.2, 0.25) is 11.8 Å². The van der Waals surface area contributed by atoms with Gasteiger partial charge in [0.05, 0.1) is 30.6 Å². The fraction of sp³-hybridized carbons (Fsp3) is 0.583. The minimum Gasteiger partial charge on any atom is -0.369 e. The SMILES string of the molecule is O=C(CCC(F)(F)F)N[C@H](O)c1cnn2cc(C(NC(=O)c3nonc3C3CC3)C3CCC(F)(F)CC3)nc2c1. The minimum atomic E-state index is -4.52. The number of carbonyl (C=O) groups excluding carboxylic acids is 2.